The van der Waals surface area contributed by atoms with E-state index in [-0.39, 0.29) is 23.2 Å². The van der Waals surface area contributed by atoms with Gasteiger partial charge in [0.1, 0.15) is 11.4 Å². The summed E-state index contributed by atoms with van der Waals surface area (Å²) in [5.74, 6) is -2.39. The fraction of sp³-hybridized carbons (Fsp3) is 0.471. The van der Waals surface area contributed by atoms with Crippen LogP contribution in [0.2, 0.25) is 5.02 Å². The lowest BCUT2D eigenvalue weighted by atomic mass is 10.0. The molecule has 142 valence electrons. The van der Waals surface area contributed by atoms with Gasteiger partial charge in [-0.3, -0.25) is 9.59 Å². The van der Waals surface area contributed by atoms with E-state index >= 15 is 0 Å². The van der Waals surface area contributed by atoms with Gasteiger partial charge in [0.2, 0.25) is 0 Å². The summed E-state index contributed by atoms with van der Waals surface area (Å²) < 4.78 is 18.6. The Hall–Kier alpha value is -2.35. The van der Waals surface area contributed by atoms with E-state index in [4.69, 9.17) is 16.3 Å². The largest absolute Gasteiger partial charge is 0.444 e. The highest BCUT2D eigenvalue weighted by Gasteiger charge is 2.34. The van der Waals surface area contributed by atoms with E-state index in [0.717, 1.165) is 6.07 Å². The number of hydrogen-bond acceptors (Lipinski definition) is 4. The van der Waals surface area contributed by atoms with Crippen LogP contribution in [0.1, 0.15) is 20.8 Å². The van der Waals surface area contributed by atoms with Crippen molar-refractivity contribution in [3.8, 4) is 0 Å². The molecule has 3 amide bonds. The summed E-state index contributed by atoms with van der Waals surface area (Å²) in [6.45, 7) is 6.49. The molecule has 9 heteroatoms. The minimum atomic E-state index is -0.907. The van der Waals surface area contributed by atoms with Gasteiger partial charge in [-0.2, -0.15) is 0 Å². The second-order valence-corrected chi connectivity index (χ2v) is 7.45. The van der Waals surface area contributed by atoms with Crippen LogP contribution in [0.15, 0.2) is 18.2 Å². The van der Waals surface area contributed by atoms with Crippen molar-refractivity contribution >= 4 is 35.2 Å². The van der Waals surface area contributed by atoms with E-state index in [1.54, 1.807) is 20.8 Å². The summed E-state index contributed by atoms with van der Waals surface area (Å²) >= 11 is 5.55. The quantitative estimate of drug-likeness (QED) is 0.782. The predicted molar refractivity (Wildman–Crippen MR) is 94.3 cm³/mol. The van der Waals surface area contributed by atoms with Crippen LogP contribution in [0.3, 0.4) is 0 Å². The number of anilines is 1. The monoisotopic (exact) mass is 385 g/mol. The van der Waals surface area contributed by atoms with Gasteiger partial charge in [0.15, 0.2) is 0 Å². The second kappa shape index (κ2) is 7.90. The molecule has 1 aliphatic rings. The van der Waals surface area contributed by atoms with Gasteiger partial charge in [0, 0.05) is 31.2 Å². The first-order valence-corrected chi connectivity index (χ1v) is 8.45. The predicted octanol–water partition coefficient (Wildman–Crippen LogP) is 2.40. The Kier molecular flexibility index (Phi) is 6.07. The summed E-state index contributed by atoms with van der Waals surface area (Å²) in [5.41, 5.74) is -0.429. The number of nitrogens with one attached hydrogen (secondary N) is 2. The number of likely N-dealkylation sites (tertiary alicyclic amines) is 1. The van der Waals surface area contributed by atoms with Crippen LogP contribution in [0, 0.1) is 11.7 Å². The number of amides is 3. The third-order valence-electron chi connectivity index (χ3n) is 3.54. The third kappa shape index (κ3) is 5.59. The lowest BCUT2D eigenvalue weighted by Gasteiger charge is -2.39. The van der Waals surface area contributed by atoms with E-state index in [1.807, 2.05) is 0 Å². The second-order valence-electron chi connectivity index (χ2n) is 7.04. The normalized spacial score (nSPS) is 14.4. The number of carbonyl (C=O) groups excluding carboxylic acids is 3. The lowest BCUT2D eigenvalue weighted by Crippen LogP contribution is -2.55. The van der Waals surface area contributed by atoms with Crippen molar-refractivity contribution in [3.63, 3.8) is 0 Å². The highest BCUT2D eigenvalue weighted by atomic mass is 35.5. The Morgan fingerprint density at radius 1 is 1.27 bits per heavy atom. The number of hydrogen-bond donors (Lipinski definition) is 2. The standard InChI is InChI=1S/C17H21ClFN3O4/c1-17(2,3)26-16(25)22-8-10(9-22)7-20-14(23)15(24)21-11-4-5-12(18)13(19)6-11/h4-6,10H,7-9H2,1-3H3,(H,20,23)(H,21,24). The number of halogens is 2. The van der Waals surface area contributed by atoms with Crippen LogP contribution in [0.5, 0.6) is 0 Å². The SMILES string of the molecule is CC(C)(C)OC(=O)N1CC(CNC(=O)C(=O)Nc2ccc(Cl)c(F)c2)C1. The summed E-state index contributed by atoms with van der Waals surface area (Å²) in [5, 5.41) is 4.70. The van der Waals surface area contributed by atoms with Crippen LogP contribution in [0.25, 0.3) is 0 Å². The zero-order chi connectivity index (χ0) is 19.5. The van der Waals surface area contributed by atoms with Crippen molar-refractivity contribution < 1.29 is 23.5 Å². The highest BCUT2D eigenvalue weighted by molar-refractivity contribution is 6.39. The molecule has 0 aliphatic carbocycles. The Morgan fingerprint density at radius 3 is 2.50 bits per heavy atom. The van der Waals surface area contributed by atoms with Gasteiger partial charge >= 0.3 is 17.9 Å². The lowest BCUT2D eigenvalue weighted by molar-refractivity contribution is -0.136. The molecule has 0 bridgehead atoms. The molecule has 0 saturated carbocycles. The average molecular weight is 386 g/mol. The molecule has 1 fully saturated rings. The first-order valence-electron chi connectivity index (χ1n) is 8.07. The summed E-state index contributed by atoms with van der Waals surface area (Å²) in [4.78, 5) is 36.9. The Morgan fingerprint density at radius 2 is 1.92 bits per heavy atom. The van der Waals surface area contributed by atoms with Crippen molar-refractivity contribution in [2.24, 2.45) is 5.92 Å². The van der Waals surface area contributed by atoms with Crippen LogP contribution >= 0.6 is 11.6 Å². The van der Waals surface area contributed by atoms with Crippen LogP contribution in [0.4, 0.5) is 14.9 Å². The van der Waals surface area contributed by atoms with Crippen LogP contribution in [-0.4, -0.2) is 48.0 Å². The molecule has 1 saturated heterocycles. The molecule has 0 spiro atoms. The minimum Gasteiger partial charge on any atom is -0.444 e. The molecular formula is C17H21ClFN3O4. The molecule has 1 aromatic rings. The van der Waals surface area contributed by atoms with Crippen molar-refractivity contribution in [1.29, 1.82) is 0 Å². The molecule has 2 rings (SSSR count). The van der Waals surface area contributed by atoms with Gasteiger partial charge in [0.25, 0.3) is 0 Å². The van der Waals surface area contributed by atoms with Crippen LogP contribution < -0.4 is 10.6 Å². The van der Waals surface area contributed by atoms with E-state index in [0.29, 0.717) is 13.1 Å². The molecule has 26 heavy (non-hydrogen) atoms. The molecule has 0 aromatic heterocycles. The van der Waals surface area contributed by atoms with Crippen molar-refractivity contribution in [3.05, 3.63) is 29.0 Å². The highest BCUT2D eigenvalue weighted by Crippen LogP contribution is 2.20. The molecule has 0 atom stereocenters. The third-order valence-corrected chi connectivity index (χ3v) is 3.85. The maximum Gasteiger partial charge on any atom is 0.410 e. The summed E-state index contributed by atoms with van der Waals surface area (Å²) in [7, 11) is 0. The topological polar surface area (TPSA) is 87.7 Å². The zero-order valence-corrected chi connectivity index (χ0v) is 15.5. The van der Waals surface area contributed by atoms with Gasteiger partial charge in [-0.15, -0.1) is 0 Å². The van der Waals surface area contributed by atoms with Gasteiger partial charge in [-0.05, 0) is 39.0 Å². The number of rotatable bonds is 3. The van der Waals surface area contributed by atoms with Crippen molar-refractivity contribution in [2.75, 3.05) is 25.0 Å². The maximum atomic E-state index is 13.3. The summed E-state index contributed by atoms with van der Waals surface area (Å²) in [6.07, 6.45) is -0.400. The molecule has 1 aliphatic heterocycles. The van der Waals surface area contributed by atoms with Gasteiger partial charge in [-0.1, -0.05) is 11.6 Å². The van der Waals surface area contributed by atoms with Gasteiger partial charge in [-0.25, -0.2) is 9.18 Å². The van der Waals surface area contributed by atoms with Crippen LogP contribution in [-0.2, 0) is 14.3 Å². The average Bonchev–Trinajstić information content (AvgIpc) is 2.47. The molecular weight excluding hydrogens is 365 g/mol. The van der Waals surface area contributed by atoms with Gasteiger partial charge < -0.3 is 20.3 Å². The van der Waals surface area contributed by atoms with E-state index in [2.05, 4.69) is 10.6 Å². The first kappa shape index (κ1) is 20.0. The number of ether oxygens (including phenoxy) is 1. The van der Waals surface area contributed by atoms with E-state index in [9.17, 15) is 18.8 Å². The Balaban J connectivity index is 1.71. The fourth-order valence-corrected chi connectivity index (χ4v) is 2.37. The molecule has 2 N–H and O–H groups in total. The van der Waals surface area contributed by atoms with E-state index < -0.39 is 29.3 Å². The number of benzene rings is 1. The van der Waals surface area contributed by atoms with Gasteiger partial charge in [0.05, 0.1) is 5.02 Å². The zero-order valence-electron chi connectivity index (χ0n) is 14.8. The maximum absolute atomic E-state index is 13.3. The summed E-state index contributed by atoms with van der Waals surface area (Å²) in [6, 6.07) is 3.70. The van der Waals surface area contributed by atoms with E-state index in [1.165, 1.54) is 17.0 Å². The van der Waals surface area contributed by atoms with Crippen molar-refractivity contribution in [1.82, 2.24) is 10.2 Å². The minimum absolute atomic E-state index is 0.0484. The smallest absolute Gasteiger partial charge is 0.410 e. The number of carbonyl (C=O) groups is 3. The molecule has 1 heterocycles. The number of nitrogens with zero attached hydrogens (tertiary/aromatic N) is 1. The van der Waals surface area contributed by atoms with Crippen molar-refractivity contribution in [2.45, 2.75) is 26.4 Å². The molecule has 1 aromatic carbocycles. The first-order chi connectivity index (χ1) is 12.0. The Bertz CT molecular complexity index is 714. The molecule has 0 unspecified atom stereocenters. The Labute approximate surface area is 155 Å². The molecule has 7 nitrogen and oxygen atoms in total. The fourth-order valence-electron chi connectivity index (χ4n) is 2.25. The molecule has 0 radical (unpaired) electrons.